The van der Waals surface area contributed by atoms with E-state index in [1.54, 1.807) is 18.2 Å². The Morgan fingerprint density at radius 2 is 1.82 bits per heavy atom. The number of halogens is 1. The van der Waals surface area contributed by atoms with Crippen LogP contribution in [0.2, 0.25) is 0 Å². The molecule has 0 aliphatic heterocycles. The SMILES string of the molecule is Cc1cccc(NC(=O)c2ccc(NCc3ccc(F)cc3)c([N+](=O)[O-])c2)c1. The predicted octanol–water partition coefficient (Wildman–Crippen LogP) is 4.91. The molecule has 0 radical (unpaired) electrons. The Labute approximate surface area is 161 Å². The first kappa shape index (κ1) is 19.0. The lowest BCUT2D eigenvalue weighted by Gasteiger charge is -2.10. The Balaban J connectivity index is 1.77. The number of nitro groups is 1. The van der Waals surface area contributed by atoms with E-state index in [2.05, 4.69) is 10.6 Å². The van der Waals surface area contributed by atoms with E-state index in [-0.39, 0.29) is 29.3 Å². The molecule has 7 heteroatoms. The second-order valence-corrected chi connectivity index (χ2v) is 6.29. The molecule has 0 aliphatic carbocycles. The molecule has 3 aromatic carbocycles. The number of nitrogens with one attached hydrogen (secondary N) is 2. The largest absolute Gasteiger partial charge is 0.375 e. The van der Waals surface area contributed by atoms with Gasteiger partial charge < -0.3 is 10.6 Å². The molecular formula is C21H18FN3O3. The zero-order valence-electron chi connectivity index (χ0n) is 15.1. The number of rotatable bonds is 6. The Kier molecular flexibility index (Phi) is 5.64. The number of nitrogens with zero attached hydrogens (tertiary/aromatic N) is 1. The van der Waals surface area contributed by atoms with Crippen molar-refractivity contribution >= 4 is 23.0 Å². The molecule has 0 heterocycles. The van der Waals surface area contributed by atoms with E-state index in [4.69, 9.17) is 0 Å². The van der Waals surface area contributed by atoms with Gasteiger partial charge in [-0.05, 0) is 54.4 Å². The fourth-order valence-electron chi connectivity index (χ4n) is 2.70. The molecule has 0 bridgehead atoms. The third-order valence-electron chi connectivity index (χ3n) is 4.13. The van der Waals surface area contributed by atoms with Gasteiger partial charge in [-0.2, -0.15) is 0 Å². The summed E-state index contributed by atoms with van der Waals surface area (Å²) in [5.41, 5.74) is 2.63. The first-order valence-electron chi connectivity index (χ1n) is 8.57. The van der Waals surface area contributed by atoms with Crippen molar-refractivity contribution < 1.29 is 14.1 Å². The number of hydrogen-bond donors (Lipinski definition) is 2. The van der Waals surface area contributed by atoms with Crippen molar-refractivity contribution in [1.82, 2.24) is 0 Å². The van der Waals surface area contributed by atoms with Gasteiger partial charge >= 0.3 is 0 Å². The summed E-state index contributed by atoms with van der Waals surface area (Å²) in [7, 11) is 0. The van der Waals surface area contributed by atoms with Gasteiger partial charge in [0.05, 0.1) is 4.92 Å². The highest BCUT2D eigenvalue weighted by Crippen LogP contribution is 2.26. The summed E-state index contributed by atoms with van der Waals surface area (Å²) in [6.45, 7) is 2.19. The van der Waals surface area contributed by atoms with Crippen molar-refractivity contribution in [3.05, 3.63) is 99.4 Å². The zero-order chi connectivity index (χ0) is 20.1. The van der Waals surface area contributed by atoms with E-state index >= 15 is 0 Å². The maximum absolute atomic E-state index is 13.0. The molecule has 142 valence electrons. The average molecular weight is 379 g/mol. The lowest BCUT2D eigenvalue weighted by Crippen LogP contribution is -2.13. The van der Waals surface area contributed by atoms with Crippen LogP contribution in [0.4, 0.5) is 21.5 Å². The Morgan fingerprint density at radius 3 is 2.50 bits per heavy atom. The normalized spacial score (nSPS) is 10.4. The van der Waals surface area contributed by atoms with Gasteiger partial charge in [-0.3, -0.25) is 14.9 Å². The molecule has 0 saturated carbocycles. The minimum atomic E-state index is -0.545. The number of hydrogen-bond acceptors (Lipinski definition) is 4. The van der Waals surface area contributed by atoms with Gasteiger partial charge in [0.15, 0.2) is 0 Å². The first-order chi connectivity index (χ1) is 13.4. The fraction of sp³-hybridized carbons (Fsp3) is 0.0952. The first-order valence-corrected chi connectivity index (χ1v) is 8.57. The molecule has 0 aliphatic rings. The molecule has 6 nitrogen and oxygen atoms in total. The van der Waals surface area contributed by atoms with Gasteiger partial charge in [0.1, 0.15) is 11.5 Å². The van der Waals surface area contributed by atoms with Gasteiger partial charge in [0, 0.05) is 23.9 Å². The maximum atomic E-state index is 13.0. The van der Waals surface area contributed by atoms with Gasteiger partial charge in [0.25, 0.3) is 11.6 Å². The molecule has 28 heavy (non-hydrogen) atoms. The number of anilines is 2. The van der Waals surface area contributed by atoms with Crippen molar-refractivity contribution in [3.8, 4) is 0 Å². The number of carbonyl (C=O) groups excluding carboxylic acids is 1. The van der Waals surface area contributed by atoms with Crippen LogP contribution >= 0.6 is 0 Å². The quantitative estimate of drug-likeness (QED) is 0.471. The monoisotopic (exact) mass is 379 g/mol. The lowest BCUT2D eigenvalue weighted by atomic mass is 10.1. The molecule has 0 saturated heterocycles. The topological polar surface area (TPSA) is 84.3 Å². The third kappa shape index (κ3) is 4.70. The Morgan fingerprint density at radius 1 is 1.07 bits per heavy atom. The van der Waals surface area contributed by atoms with Gasteiger partial charge in [-0.1, -0.05) is 24.3 Å². The van der Waals surface area contributed by atoms with Crippen LogP contribution in [0.3, 0.4) is 0 Å². The van der Waals surface area contributed by atoms with E-state index in [1.165, 1.54) is 30.3 Å². The standard InChI is InChI=1S/C21H18FN3O3/c1-14-3-2-4-18(11-14)24-21(26)16-7-10-19(20(12-16)25(27)28)23-13-15-5-8-17(22)9-6-15/h2-12,23H,13H2,1H3,(H,24,26). The Hall–Kier alpha value is -3.74. The predicted molar refractivity (Wildman–Crippen MR) is 106 cm³/mol. The summed E-state index contributed by atoms with van der Waals surface area (Å²) in [6, 6.07) is 17.4. The van der Waals surface area contributed by atoms with E-state index in [0.717, 1.165) is 11.1 Å². The molecule has 0 atom stereocenters. The van der Waals surface area contributed by atoms with Crippen LogP contribution in [0.5, 0.6) is 0 Å². The van der Waals surface area contributed by atoms with Crippen LogP contribution < -0.4 is 10.6 Å². The molecular weight excluding hydrogens is 361 g/mol. The smallest absolute Gasteiger partial charge is 0.293 e. The van der Waals surface area contributed by atoms with E-state index in [1.807, 2.05) is 25.1 Å². The molecule has 3 rings (SSSR count). The van der Waals surface area contributed by atoms with Crippen molar-refractivity contribution in [2.24, 2.45) is 0 Å². The van der Waals surface area contributed by atoms with Gasteiger partial charge in [-0.15, -0.1) is 0 Å². The molecule has 0 spiro atoms. The number of nitro benzene ring substituents is 1. The Bertz CT molecular complexity index is 1020. The van der Waals surface area contributed by atoms with E-state index in [9.17, 15) is 19.3 Å². The number of amides is 1. The zero-order valence-corrected chi connectivity index (χ0v) is 15.1. The minimum Gasteiger partial charge on any atom is -0.375 e. The van der Waals surface area contributed by atoms with Gasteiger partial charge in [0.2, 0.25) is 0 Å². The number of carbonyl (C=O) groups is 1. The van der Waals surface area contributed by atoms with Crippen LogP contribution in [0.1, 0.15) is 21.5 Å². The molecule has 2 N–H and O–H groups in total. The second-order valence-electron chi connectivity index (χ2n) is 6.29. The van der Waals surface area contributed by atoms with E-state index in [0.29, 0.717) is 5.69 Å². The highest BCUT2D eigenvalue weighted by molar-refractivity contribution is 6.05. The summed E-state index contributed by atoms with van der Waals surface area (Å²) in [5.74, 6) is -0.780. The molecule has 1 amide bonds. The van der Waals surface area contributed by atoms with Crippen molar-refractivity contribution in [3.63, 3.8) is 0 Å². The highest BCUT2D eigenvalue weighted by Gasteiger charge is 2.17. The minimum absolute atomic E-state index is 0.181. The lowest BCUT2D eigenvalue weighted by molar-refractivity contribution is -0.384. The fourth-order valence-corrected chi connectivity index (χ4v) is 2.70. The molecule has 0 unspecified atom stereocenters. The van der Waals surface area contributed by atoms with Gasteiger partial charge in [-0.25, -0.2) is 4.39 Å². The highest BCUT2D eigenvalue weighted by atomic mass is 19.1. The summed E-state index contributed by atoms with van der Waals surface area (Å²) in [4.78, 5) is 23.3. The molecule has 0 fully saturated rings. The summed E-state index contributed by atoms with van der Waals surface area (Å²) >= 11 is 0. The van der Waals surface area contributed by atoms with Crippen LogP contribution in [-0.2, 0) is 6.54 Å². The van der Waals surface area contributed by atoms with Crippen LogP contribution in [0.25, 0.3) is 0 Å². The third-order valence-corrected chi connectivity index (χ3v) is 4.13. The maximum Gasteiger partial charge on any atom is 0.293 e. The molecule has 0 aromatic heterocycles. The van der Waals surface area contributed by atoms with Crippen LogP contribution in [0, 0.1) is 22.9 Å². The summed E-state index contributed by atoms with van der Waals surface area (Å²) in [5, 5.41) is 17.1. The second kappa shape index (κ2) is 8.30. The van der Waals surface area contributed by atoms with Crippen molar-refractivity contribution in [2.45, 2.75) is 13.5 Å². The van der Waals surface area contributed by atoms with Crippen LogP contribution in [-0.4, -0.2) is 10.8 Å². The van der Waals surface area contributed by atoms with E-state index < -0.39 is 10.8 Å². The molecule has 3 aromatic rings. The average Bonchev–Trinajstić information content (AvgIpc) is 2.67. The van der Waals surface area contributed by atoms with Crippen molar-refractivity contribution in [1.29, 1.82) is 0 Å². The summed E-state index contributed by atoms with van der Waals surface area (Å²) < 4.78 is 13.0. The van der Waals surface area contributed by atoms with Crippen LogP contribution in [0.15, 0.2) is 66.7 Å². The summed E-state index contributed by atoms with van der Waals surface area (Å²) in [6.07, 6.45) is 0. The number of aryl methyl sites for hydroxylation is 1. The van der Waals surface area contributed by atoms with Crippen molar-refractivity contribution in [2.75, 3.05) is 10.6 Å². The number of benzene rings is 3.